The van der Waals surface area contributed by atoms with Crippen LogP contribution in [0.3, 0.4) is 0 Å². The Kier molecular flexibility index (Phi) is 1.44. The molecule has 0 saturated carbocycles. The second-order valence-electron chi connectivity index (χ2n) is 4.00. The van der Waals surface area contributed by atoms with E-state index in [0.717, 1.165) is 19.4 Å². The molecular formula is C9H15NO. The number of fused-ring (bicyclic) bond motifs is 1. The van der Waals surface area contributed by atoms with E-state index in [1.807, 2.05) is 0 Å². The van der Waals surface area contributed by atoms with Crippen LogP contribution in [0.2, 0.25) is 0 Å². The normalized spacial score (nSPS) is 37.5. The van der Waals surface area contributed by atoms with Crippen molar-refractivity contribution in [1.82, 2.24) is 4.90 Å². The molecule has 0 aromatic rings. The minimum atomic E-state index is 0.245. The molecule has 0 radical (unpaired) electrons. The smallest absolute Gasteiger partial charge is 0.223 e. The summed E-state index contributed by atoms with van der Waals surface area (Å²) >= 11 is 0. The quantitative estimate of drug-likeness (QED) is 0.517. The lowest BCUT2D eigenvalue weighted by Crippen LogP contribution is -2.47. The van der Waals surface area contributed by atoms with E-state index in [1.54, 1.807) is 0 Å². The molecule has 0 aromatic carbocycles. The molecule has 2 aliphatic rings. The Balaban J connectivity index is 2.22. The Hall–Kier alpha value is -0.530. The summed E-state index contributed by atoms with van der Waals surface area (Å²) in [5.41, 5.74) is 0.245. The molecule has 2 heteroatoms. The summed E-state index contributed by atoms with van der Waals surface area (Å²) in [6.45, 7) is 3.24. The van der Waals surface area contributed by atoms with Crippen LogP contribution < -0.4 is 0 Å². The van der Waals surface area contributed by atoms with Gasteiger partial charge >= 0.3 is 0 Å². The Labute approximate surface area is 67.6 Å². The molecule has 0 aliphatic carbocycles. The summed E-state index contributed by atoms with van der Waals surface area (Å²) in [6, 6.07) is 0. The van der Waals surface area contributed by atoms with Gasteiger partial charge < -0.3 is 4.90 Å². The minimum Gasteiger partial charge on any atom is -0.337 e. The molecule has 11 heavy (non-hydrogen) atoms. The third-order valence-corrected chi connectivity index (χ3v) is 3.16. The van der Waals surface area contributed by atoms with E-state index >= 15 is 0 Å². The van der Waals surface area contributed by atoms with Crippen LogP contribution in [0.5, 0.6) is 0 Å². The molecule has 0 N–H and O–H groups in total. The summed E-state index contributed by atoms with van der Waals surface area (Å²) in [5.74, 6) is 0.385. The van der Waals surface area contributed by atoms with Crippen molar-refractivity contribution < 1.29 is 4.79 Å². The first kappa shape index (κ1) is 7.14. The van der Waals surface area contributed by atoms with Crippen molar-refractivity contribution >= 4 is 5.91 Å². The van der Waals surface area contributed by atoms with Crippen LogP contribution in [0.1, 0.15) is 39.0 Å². The zero-order valence-electron chi connectivity index (χ0n) is 7.10. The highest BCUT2D eigenvalue weighted by Crippen LogP contribution is 2.37. The van der Waals surface area contributed by atoms with Crippen molar-refractivity contribution in [3.05, 3.63) is 0 Å². The molecule has 1 unspecified atom stereocenters. The number of hydrogen-bond acceptors (Lipinski definition) is 1. The van der Waals surface area contributed by atoms with Crippen LogP contribution in [-0.2, 0) is 4.79 Å². The number of carbonyl (C=O) groups excluding carboxylic acids is 1. The summed E-state index contributed by atoms with van der Waals surface area (Å²) in [7, 11) is 0. The fourth-order valence-corrected chi connectivity index (χ4v) is 2.46. The maximum absolute atomic E-state index is 11.4. The molecule has 0 bridgehead atoms. The third kappa shape index (κ3) is 0.959. The zero-order valence-corrected chi connectivity index (χ0v) is 7.10. The van der Waals surface area contributed by atoms with Crippen molar-refractivity contribution in [2.24, 2.45) is 0 Å². The number of amides is 1. The highest BCUT2D eigenvalue weighted by Gasteiger charge is 2.41. The van der Waals surface area contributed by atoms with Gasteiger partial charge in [-0.05, 0) is 32.6 Å². The Morgan fingerprint density at radius 1 is 1.36 bits per heavy atom. The number of piperidine rings is 1. The number of hydrogen-bond donors (Lipinski definition) is 0. The van der Waals surface area contributed by atoms with Crippen LogP contribution in [0.4, 0.5) is 0 Å². The van der Waals surface area contributed by atoms with Crippen molar-refractivity contribution in [3.8, 4) is 0 Å². The van der Waals surface area contributed by atoms with E-state index in [4.69, 9.17) is 0 Å². The molecule has 2 aliphatic heterocycles. The summed E-state index contributed by atoms with van der Waals surface area (Å²) < 4.78 is 0. The Morgan fingerprint density at radius 2 is 2.09 bits per heavy atom. The lowest BCUT2D eigenvalue weighted by molar-refractivity contribution is -0.138. The Bertz CT molecular complexity index is 190. The molecule has 2 saturated heterocycles. The first-order valence-electron chi connectivity index (χ1n) is 4.53. The molecular weight excluding hydrogens is 138 g/mol. The second kappa shape index (κ2) is 2.23. The highest BCUT2D eigenvalue weighted by atomic mass is 16.2. The van der Waals surface area contributed by atoms with E-state index in [9.17, 15) is 4.79 Å². The fraction of sp³-hybridized carbons (Fsp3) is 0.889. The number of carbonyl (C=O) groups is 1. The molecule has 2 fully saturated rings. The predicted molar refractivity (Wildman–Crippen MR) is 43.2 cm³/mol. The van der Waals surface area contributed by atoms with Crippen LogP contribution in [-0.4, -0.2) is 22.9 Å². The number of nitrogens with zero attached hydrogens (tertiary/aromatic N) is 1. The molecule has 2 heterocycles. The molecule has 1 atom stereocenters. The monoisotopic (exact) mass is 153 g/mol. The van der Waals surface area contributed by atoms with Gasteiger partial charge in [-0.3, -0.25) is 4.79 Å². The molecule has 0 spiro atoms. The summed E-state index contributed by atoms with van der Waals surface area (Å²) in [4.78, 5) is 13.5. The lowest BCUT2D eigenvalue weighted by Gasteiger charge is -2.39. The van der Waals surface area contributed by atoms with E-state index < -0.39 is 0 Å². The van der Waals surface area contributed by atoms with Crippen LogP contribution in [0.15, 0.2) is 0 Å². The fourth-order valence-electron chi connectivity index (χ4n) is 2.46. The van der Waals surface area contributed by atoms with Gasteiger partial charge in [0.1, 0.15) is 0 Å². The SMILES string of the molecule is CC12CCCC(=O)N1CCC2. The van der Waals surface area contributed by atoms with Gasteiger partial charge in [0.05, 0.1) is 0 Å². The topological polar surface area (TPSA) is 20.3 Å². The summed E-state index contributed by atoms with van der Waals surface area (Å²) in [5, 5.41) is 0. The van der Waals surface area contributed by atoms with Gasteiger partial charge in [-0.15, -0.1) is 0 Å². The van der Waals surface area contributed by atoms with E-state index in [-0.39, 0.29) is 5.54 Å². The molecule has 62 valence electrons. The third-order valence-electron chi connectivity index (χ3n) is 3.16. The largest absolute Gasteiger partial charge is 0.337 e. The van der Waals surface area contributed by atoms with Crippen molar-refractivity contribution in [3.63, 3.8) is 0 Å². The van der Waals surface area contributed by atoms with Gasteiger partial charge in [0.2, 0.25) is 5.91 Å². The van der Waals surface area contributed by atoms with Gasteiger partial charge in [0.15, 0.2) is 0 Å². The average Bonchev–Trinajstić information content (AvgIpc) is 2.31. The maximum Gasteiger partial charge on any atom is 0.223 e. The van der Waals surface area contributed by atoms with Gasteiger partial charge in [-0.1, -0.05) is 0 Å². The second-order valence-corrected chi connectivity index (χ2v) is 4.00. The highest BCUT2D eigenvalue weighted by molar-refractivity contribution is 5.78. The standard InChI is InChI=1S/C9H15NO/c1-9-5-2-4-8(11)10(9)7-3-6-9/h2-7H2,1H3. The Morgan fingerprint density at radius 3 is 2.82 bits per heavy atom. The first-order valence-corrected chi connectivity index (χ1v) is 4.53. The maximum atomic E-state index is 11.4. The average molecular weight is 153 g/mol. The van der Waals surface area contributed by atoms with Gasteiger partial charge in [0.25, 0.3) is 0 Å². The van der Waals surface area contributed by atoms with Crippen LogP contribution >= 0.6 is 0 Å². The molecule has 0 aromatic heterocycles. The van der Waals surface area contributed by atoms with Gasteiger partial charge in [0, 0.05) is 18.5 Å². The van der Waals surface area contributed by atoms with E-state index in [2.05, 4.69) is 11.8 Å². The predicted octanol–water partition coefficient (Wildman–Crippen LogP) is 1.55. The minimum absolute atomic E-state index is 0.245. The van der Waals surface area contributed by atoms with Gasteiger partial charge in [-0.2, -0.15) is 0 Å². The summed E-state index contributed by atoms with van der Waals surface area (Å²) in [6.07, 6.45) is 5.54. The van der Waals surface area contributed by atoms with Crippen molar-refractivity contribution in [2.75, 3.05) is 6.54 Å². The van der Waals surface area contributed by atoms with Crippen molar-refractivity contribution in [2.45, 2.75) is 44.6 Å². The van der Waals surface area contributed by atoms with E-state index in [0.29, 0.717) is 5.91 Å². The van der Waals surface area contributed by atoms with Crippen LogP contribution in [0, 0.1) is 0 Å². The van der Waals surface area contributed by atoms with E-state index in [1.165, 1.54) is 19.3 Å². The lowest BCUT2D eigenvalue weighted by atomic mass is 9.88. The van der Waals surface area contributed by atoms with Crippen molar-refractivity contribution in [1.29, 1.82) is 0 Å². The number of rotatable bonds is 0. The molecule has 2 rings (SSSR count). The molecule has 2 nitrogen and oxygen atoms in total. The molecule has 1 amide bonds. The zero-order chi connectivity index (χ0) is 7.90. The van der Waals surface area contributed by atoms with Crippen LogP contribution in [0.25, 0.3) is 0 Å². The van der Waals surface area contributed by atoms with Gasteiger partial charge in [-0.25, -0.2) is 0 Å². The first-order chi connectivity index (χ1) is 5.22.